The molecular weight excluding hydrogens is 214 g/mol. The molecule has 1 heterocycles. The van der Waals surface area contributed by atoms with Gasteiger partial charge in [0.25, 0.3) is 0 Å². The fourth-order valence-electron chi connectivity index (χ4n) is 1.65. The van der Waals surface area contributed by atoms with Gasteiger partial charge in [0.1, 0.15) is 0 Å². The first-order chi connectivity index (χ1) is 8.26. The van der Waals surface area contributed by atoms with Crippen molar-refractivity contribution in [1.82, 2.24) is 25.5 Å². The molecule has 1 aromatic carbocycles. The van der Waals surface area contributed by atoms with Gasteiger partial charge < -0.3 is 5.32 Å². The second-order valence-corrected chi connectivity index (χ2v) is 3.98. The van der Waals surface area contributed by atoms with Crippen molar-refractivity contribution in [3.05, 3.63) is 35.7 Å². The molecule has 0 amide bonds. The lowest BCUT2D eigenvalue weighted by molar-refractivity contribution is 0.588. The fourth-order valence-corrected chi connectivity index (χ4v) is 1.65. The van der Waals surface area contributed by atoms with Crippen LogP contribution in [0.15, 0.2) is 24.3 Å². The summed E-state index contributed by atoms with van der Waals surface area (Å²) in [6.07, 6.45) is 1.04. The molecule has 0 saturated heterocycles. The molecule has 2 rings (SSSR count). The molecule has 0 aliphatic heterocycles. The number of aryl methyl sites for hydroxylation is 1. The van der Waals surface area contributed by atoms with Crippen LogP contribution in [0.1, 0.15) is 31.3 Å². The number of tetrazole rings is 1. The monoisotopic (exact) mass is 231 g/mol. The number of benzene rings is 1. The third kappa shape index (κ3) is 2.34. The summed E-state index contributed by atoms with van der Waals surface area (Å²) in [6.45, 7) is 4.17. The highest BCUT2D eigenvalue weighted by Crippen LogP contribution is 2.14. The molecule has 5 heteroatoms. The van der Waals surface area contributed by atoms with Gasteiger partial charge in [0.15, 0.2) is 5.82 Å². The van der Waals surface area contributed by atoms with Crippen molar-refractivity contribution in [2.24, 2.45) is 0 Å². The summed E-state index contributed by atoms with van der Waals surface area (Å²) in [4.78, 5) is 0. The van der Waals surface area contributed by atoms with Crippen LogP contribution in [0.25, 0.3) is 5.69 Å². The smallest absolute Gasteiger partial charge is 0.173 e. The van der Waals surface area contributed by atoms with Crippen LogP contribution >= 0.6 is 0 Å². The predicted molar refractivity (Wildman–Crippen MR) is 66.0 cm³/mol. The average Bonchev–Trinajstić information content (AvgIpc) is 2.87. The molecule has 0 fully saturated rings. The summed E-state index contributed by atoms with van der Waals surface area (Å²) in [5.41, 5.74) is 2.30. The Balaban J connectivity index is 2.35. The Morgan fingerprint density at radius 1 is 1.29 bits per heavy atom. The van der Waals surface area contributed by atoms with E-state index in [1.54, 1.807) is 4.68 Å². The minimum Gasteiger partial charge on any atom is -0.311 e. The summed E-state index contributed by atoms with van der Waals surface area (Å²) in [5, 5.41) is 14.9. The minimum atomic E-state index is 0.121. The lowest BCUT2D eigenvalue weighted by Gasteiger charge is -2.10. The highest BCUT2D eigenvalue weighted by Gasteiger charge is 2.13. The summed E-state index contributed by atoms with van der Waals surface area (Å²) >= 11 is 0. The normalized spacial score (nSPS) is 12.6. The molecule has 1 aromatic heterocycles. The zero-order chi connectivity index (χ0) is 12.3. The maximum atomic E-state index is 4.05. The lowest BCUT2D eigenvalue weighted by atomic mass is 10.1. The number of nitrogens with one attached hydrogen (secondary N) is 1. The highest BCUT2D eigenvalue weighted by molar-refractivity contribution is 5.34. The van der Waals surface area contributed by atoms with Gasteiger partial charge in [-0.05, 0) is 48.5 Å². The molecule has 0 saturated carbocycles. The zero-order valence-corrected chi connectivity index (χ0v) is 10.4. The average molecular weight is 231 g/mol. The minimum absolute atomic E-state index is 0.121. The van der Waals surface area contributed by atoms with Crippen LogP contribution in [0, 0.1) is 0 Å². The molecule has 1 unspecified atom stereocenters. The van der Waals surface area contributed by atoms with E-state index < -0.39 is 0 Å². The highest BCUT2D eigenvalue weighted by atomic mass is 15.5. The Morgan fingerprint density at radius 3 is 2.59 bits per heavy atom. The van der Waals surface area contributed by atoms with Crippen molar-refractivity contribution in [1.29, 1.82) is 0 Å². The third-order valence-electron chi connectivity index (χ3n) is 2.90. The van der Waals surface area contributed by atoms with Crippen molar-refractivity contribution in [3.63, 3.8) is 0 Å². The predicted octanol–water partition coefficient (Wildman–Crippen LogP) is 1.51. The van der Waals surface area contributed by atoms with E-state index in [0.717, 1.165) is 17.9 Å². The largest absolute Gasteiger partial charge is 0.311 e. The van der Waals surface area contributed by atoms with Gasteiger partial charge in [0.2, 0.25) is 0 Å². The van der Waals surface area contributed by atoms with E-state index in [9.17, 15) is 0 Å². The summed E-state index contributed by atoms with van der Waals surface area (Å²) in [5.74, 6) is 0.816. The van der Waals surface area contributed by atoms with Crippen LogP contribution in [0.3, 0.4) is 0 Å². The van der Waals surface area contributed by atoms with Crippen molar-refractivity contribution < 1.29 is 0 Å². The zero-order valence-electron chi connectivity index (χ0n) is 10.4. The fraction of sp³-hybridized carbons (Fsp3) is 0.417. The van der Waals surface area contributed by atoms with E-state index in [-0.39, 0.29) is 6.04 Å². The molecule has 1 N–H and O–H groups in total. The topological polar surface area (TPSA) is 55.6 Å². The van der Waals surface area contributed by atoms with E-state index in [1.165, 1.54) is 5.56 Å². The van der Waals surface area contributed by atoms with E-state index in [0.29, 0.717) is 0 Å². The van der Waals surface area contributed by atoms with Crippen molar-refractivity contribution in [2.45, 2.75) is 26.3 Å². The van der Waals surface area contributed by atoms with Gasteiger partial charge in [-0.3, -0.25) is 0 Å². The first-order valence-electron chi connectivity index (χ1n) is 5.81. The van der Waals surface area contributed by atoms with Gasteiger partial charge >= 0.3 is 0 Å². The first kappa shape index (κ1) is 11.7. The van der Waals surface area contributed by atoms with Crippen LogP contribution in [0.4, 0.5) is 0 Å². The van der Waals surface area contributed by atoms with E-state index in [4.69, 9.17) is 0 Å². The SMILES string of the molecule is CCc1ccc(-n2nnnc2C(C)NC)cc1. The Kier molecular flexibility index (Phi) is 3.49. The Morgan fingerprint density at radius 2 is 2.00 bits per heavy atom. The van der Waals surface area contributed by atoms with Gasteiger partial charge in [-0.2, -0.15) is 4.68 Å². The molecular formula is C12H17N5. The second kappa shape index (κ2) is 5.05. The number of hydrogen-bond donors (Lipinski definition) is 1. The second-order valence-electron chi connectivity index (χ2n) is 3.98. The molecule has 0 aliphatic carbocycles. The van der Waals surface area contributed by atoms with Crippen LogP contribution in [-0.4, -0.2) is 27.3 Å². The number of aromatic nitrogens is 4. The van der Waals surface area contributed by atoms with E-state index in [1.807, 2.05) is 26.1 Å². The van der Waals surface area contributed by atoms with Gasteiger partial charge in [-0.15, -0.1) is 5.10 Å². The van der Waals surface area contributed by atoms with Crippen molar-refractivity contribution >= 4 is 0 Å². The van der Waals surface area contributed by atoms with Gasteiger partial charge in [-0.1, -0.05) is 19.1 Å². The van der Waals surface area contributed by atoms with E-state index in [2.05, 4.69) is 39.9 Å². The third-order valence-corrected chi connectivity index (χ3v) is 2.90. The van der Waals surface area contributed by atoms with Crippen LogP contribution in [0.2, 0.25) is 0 Å². The molecule has 2 aromatic rings. The van der Waals surface area contributed by atoms with Crippen LogP contribution < -0.4 is 5.32 Å². The summed E-state index contributed by atoms with van der Waals surface area (Å²) in [7, 11) is 1.89. The standard InChI is InChI=1S/C12H17N5/c1-4-10-5-7-11(8-6-10)17-12(9(2)13-3)14-15-16-17/h5-9,13H,4H2,1-3H3. The summed E-state index contributed by atoms with van der Waals surface area (Å²) < 4.78 is 1.76. The van der Waals surface area contributed by atoms with Gasteiger partial charge in [0, 0.05) is 0 Å². The Bertz CT molecular complexity index is 474. The molecule has 0 aliphatic rings. The molecule has 0 spiro atoms. The number of nitrogens with zero attached hydrogens (tertiary/aromatic N) is 4. The molecule has 0 radical (unpaired) electrons. The maximum Gasteiger partial charge on any atom is 0.173 e. The quantitative estimate of drug-likeness (QED) is 0.866. The number of rotatable bonds is 4. The Labute approximate surface area is 101 Å². The lowest BCUT2D eigenvalue weighted by Crippen LogP contribution is -2.17. The van der Waals surface area contributed by atoms with Gasteiger partial charge in [0.05, 0.1) is 11.7 Å². The molecule has 17 heavy (non-hydrogen) atoms. The molecule has 90 valence electrons. The van der Waals surface area contributed by atoms with Crippen LogP contribution in [0.5, 0.6) is 0 Å². The Hall–Kier alpha value is -1.75. The molecule has 0 bridgehead atoms. The van der Waals surface area contributed by atoms with Gasteiger partial charge in [-0.25, -0.2) is 0 Å². The summed E-state index contributed by atoms with van der Waals surface area (Å²) in [6, 6.07) is 8.41. The first-order valence-corrected chi connectivity index (χ1v) is 5.81. The van der Waals surface area contributed by atoms with Crippen molar-refractivity contribution in [2.75, 3.05) is 7.05 Å². The van der Waals surface area contributed by atoms with Crippen molar-refractivity contribution in [3.8, 4) is 5.69 Å². The van der Waals surface area contributed by atoms with E-state index >= 15 is 0 Å². The van der Waals surface area contributed by atoms with Crippen LogP contribution in [-0.2, 0) is 6.42 Å². The maximum absolute atomic E-state index is 4.05. The molecule has 5 nitrogen and oxygen atoms in total. The number of hydrogen-bond acceptors (Lipinski definition) is 4. The molecule has 1 atom stereocenters.